The summed E-state index contributed by atoms with van der Waals surface area (Å²) >= 11 is 0. The van der Waals surface area contributed by atoms with Gasteiger partial charge in [0.2, 0.25) is 0 Å². The molecule has 5 rings (SSSR count). The van der Waals surface area contributed by atoms with Crippen LogP contribution >= 0.6 is 0 Å². The fourth-order valence-electron chi connectivity index (χ4n) is 4.50. The summed E-state index contributed by atoms with van der Waals surface area (Å²) < 4.78 is 6.39. The van der Waals surface area contributed by atoms with E-state index in [-0.39, 0.29) is 11.6 Å². The van der Waals surface area contributed by atoms with Crippen molar-refractivity contribution < 1.29 is 4.74 Å². The molecule has 0 saturated heterocycles. The molecule has 0 amide bonds. The Labute approximate surface area is 161 Å². The van der Waals surface area contributed by atoms with Crippen LogP contribution in [0.3, 0.4) is 0 Å². The van der Waals surface area contributed by atoms with E-state index in [0.29, 0.717) is 12.7 Å². The van der Waals surface area contributed by atoms with Crippen LogP contribution in [0.4, 0.5) is 0 Å². The first-order valence-corrected chi connectivity index (χ1v) is 10.3. The molecule has 2 aromatic carbocycles. The molecule has 0 radical (unpaired) electrons. The summed E-state index contributed by atoms with van der Waals surface area (Å²) in [5.74, 6) is 2.58. The maximum atomic E-state index is 6.39. The molecule has 0 bridgehead atoms. The predicted molar refractivity (Wildman–Crippen MR) is 109 cm³/mol. The van der Waals surface area contributed by atoms with Crippen molar-refractivity contribution in [3.05, 3.63) is 71.8 Å². The van der Waals surface area contributed by atoms with Crippen molar-refractivity contribution in [2.45, 2.75) is 50.3 Å². The van der Waals surface area contributed by atoms with E-state index in [1.807, 2.05) is 0 Å². The van der Waals surface area contributed by atoms with E-state index in [1.54, 1.807) is 0 Å². The SMILES string of the molecule is CC1(c2ccccc2)NC(COC(C2CC2)C2CC2)=NC1c1ccccc1. The summed E-state index contributed by atoms with van der Waals surface area (Å²) in [6.45, 7) is 2.86. The molecule has 1 aliphatic heterocycles. The van der Waals surface area contributed by atoms with Gasteiger partial charge in [0.25, 0.3) is 0 Å². The Hall–Kier alpha value is -2.13. The van der Waals surface area contributed by atoms with Gasteiger partial charge in [-0.05, 0) is 55.6 Å². The minimum absolute atomic E-state index is 0.0556. The van der Waals surface area contributed by atoms with E-state index < -0.39 is 0 Å². The van der Waals surface area contributed by atoms with Crippen LogP contribution in [0.2, 0.25) is 0 Å². The van der Waals surface area contributed by atoms with Crippen LogP contribution in [-0.2, 0) is 10.3 Å². The Kier molecular flexibility index (Phi) is 4.28. The van der Waals surface area contributed by atoms with Crippen molar-refractivity contribution in [1.82, 2.24) is 5.32 Å². The quantitative estimate of drug-likeness (QED) is 0.766. The molecule has 140 valence electrons. The molecule has 2 unspecified atom stereocenters. The Balaban J connectivity index is 1.39. The number of rotatable bonds is 7. The van der Waals surface area contributed by atoms with Crippen LogP contribution in [0, 0.1) is 11.8 Å². The molecule has 2 aromatic rings. The number of ether oxygens (including phenoxy) is 1. The van der Waals surface area contributed by atoms with Gasteiger partial charge >= 0.3 is 0 Å². The monoisotopic (exact) mass is 360 g/mol. The average Bonchev–Trinajstić information content (AvgIpc) is 3.63. The smallest absolute Gasteiger partial charge is 0.124 e. The van der Waals surface area contributed by atoms with Crippen LogP contribution in [0.5, 0.6) is 0 Å². The normalized spacial score (nSPS) is 27.5. The molecule has 2 saturated carbocycles. The first kappa shape index (κ1) is 17.0. The molecule has 3 heteroatoms. The molecule has 3 aliphatic rings. The molecule has 2 aliphatic carbocycles. The zero-order valence-electron chi connectivity index (χ0n) is 16.0. The molecule has 2 fully saturated rings. The average molecular weight is 361 g/mol. The van der Waals surface area contributed by atoms with Crippen molar-refractivity contribution in [2.75, 3.05) is 6.61 Å². The molecule has 1 heterocycles. The van der Waals surface area contributed by atoms with Crippen molar-refractivity contribution in [3.63, 3.8) is 0 Å². The van der Waals surface area contributed by atoms with Crippen molar-refractivity contribution >= 4 is 5.84 Å². The van der Waals surface area contributed by atoms with Crippen LogP contribution in [-0.4, -0.2) is 18.5 Å². The van der Waals surface area contributed by atoms with Gasteiger partial charge < -0.3 is 10.1 Å². The number of nitrogens with one attached hydrogen (secondary N) is 1. The van der Waals surface area contributed by atoms with Crippen molar-refractivity contribution in [2.24, 2.45) is 16.8 Å². The van der Waals surface area contributed by atoms with E-state index in [1.165, 1.54) is 36.8 Å². The van der Waals surface area contributed by atoms with Crippen LogP contribution in [0.25, 0.3) is 0 Å². The molecule has 0 spiro atoms. The van der Waals surface area contributed by atoms with Gasteiger partial charge in [-0.2, -0.15) is 0 Å². The lowest BCUT2D eigenvalue weighted by atomic mass is 9.82. The lowest BCUT2D eigenvalue weighted by Crippen LogP contribution is -2.43. The van der Waals surface area contributed by atoms with Gasteiger partial charge in [0, 0.05) is 0 Å². The minimum Gasteiger partial charge on any atom is -0.370 e. The Morgan fingerprint density at radius 1 is 0.963 bits per heavy atom. The van der Waals surface area contributed by atoms with E-state index in [4.69, 9.17) is 9.73 Å². The number of nitrogens with zero attached hydrogens (tertiary/aromatic N) is 1. The highest BCUT2D eigenvalue weighted by Gasteiger charge is 2.45. The van der Waals surface area contributed by atoms with Gasteiger partial charge in [-0.25, -0.2) is 0 Å². The lowest BCUT2D eigenvalue weighted by molar-refractivity contribution is 0.0467. The van der Waals surface area contributed by atoms with Gasteiger partial charge in [-0.3, -0.25) is 4.99 Å². The highest BCUT2D eigenvalue weighted by Crippen LogP contribution is 2.46. The van der Waals surface area contributed by atoms with E-state index in [9.17, 15) is 0 Å². The van der Waals surface area contributed by atoms with Gasteiger partial charge in [-0.15, -0.1) is 0 Å². The number of amidine groups is 1. The minimum atomic E-state index is -0.254. The van der Waals surface area contributed by atoms with Crippen LogP contribution in [0.15, 0.2) is 65.7 Å². The zero-order valence-corrected chi connectivity index (χ0v) is 16.0. The largest absolute Gasteiger partial charge is 0.370 e. The summed E-state index contributed by atoms with van der Waals surface area (Å²) in [6.07, 6.45) is 5.82. The summed E-state index contributed by atoms with van der Waals surface area (Å²) in [4.78, 5) is 5.10. The molecule has 27 heavy (non-hydrogen) atoms. The Morgan fingerprint density at radius 3 is 2.15 bits per heavy atom. The molecule has 1 N–H and O–H groups in total. The lowest BCUT2D eigenvalue weighted by Gasteiger charge is -2.32. The summed E-state index contributed by atoms with van der Waals surface area (Å²) in [6, 6.07) is 21.3. The maximum absolute atomic E-state index is 6.39. The predicted octanol–water partition coefficient (Wildman–Crippen LogP) is 4.85. The second kappa shape index (κ2) is 6.79. The van der Waals surface area contributed by atoms with Gasteiger partial charge in [0.15, 0.2) is 0 Å². The van der Waals surface area contributed by atoms with Gasteiger partial charge in [0.05, 0.1) is 11.6 Å². The molecular formula is C24H28N2O. The van der Waals surface area contributed by atoms with Gasteiger partial charge in [-0.1, -0.05) is 60.7 Å². The second-order valence-electron chi connectivity index (χ2n) is 8.53. The van der Waals surface area contributed by atoms with Crippen molar-refractivity contribution in [1.29, 1.82) is 0 Å². The summed E-state index contributed by atoms with van der Waals surface area (Å²) in [7, 11) is 0. The van der Waals surface area contributed by atoms with Crippen molar-refractivity contribution in [3.8, 4) is 0 Å². The molecule has 3 nitrogen and oxygen atoms in total. The van der Waals surface area contributed by atoms with Crippen LogP contribution < -0.4 is 5.32 Å². The highest BCUT2D eigenvalue weighted by atomic mass is 16.5. The van der Waals surface area contributed by atoms with E-state index >= 15 is 0 Å². The Bertz CT molecular complexity index is 799. The first-order valence-electron chi connectivity index (χ1n) is 10.3. The molecule has 2 atom stereocenters. The number of hydrogen-bond donors (Lipinski definition) is 1. The topological polar surface area (TPSA) is 33.6 Å². The second-order valence-corrected chi connectivity index (χ2v) is 8.53. The standard InChI is InChI=1S/C24H28N2O/c1-24(20-10-6-3-7-11-20)23(19-8-4-2-5-9-19)25-21(26-24)16-27-22(17-12-13-17)18-14-15-18/h2-11,17-18,22-23H,12-16H2,1H3,(H,25,26). The zero-order chi connectivity index (χ0) is 18.3. The fraction of sp³-hybridized carbons (Fsp3) is 0.458. The number of benzene rings is 2. The third-order valence-electron chi connectivity index (χ3n) is 6.31. The summed E-state index contributed by atoms with van der Waals surface area (Å²) in [5, 5.41) is 3.73. The van der Waals surface area contributed by atoms with Gasteiger partial charge in [0.1, 0.15) is 18.5 Å². The fourth-order valence-corrected chi connectivity index (χ4v) is 4.50. The molecular weight excluding hydrogens is 332 g/mol. The number of hydrogen-bond acceptors (Lipinski definition) is 3. The molecule has 0 aromatic heterocycles. The number of aliphatic imine (C=N–C) groups is 1. The third-order valence-corrected chi connectivity index (χ3v) is 6.31. The third kappa shape index (κ3) is 3.41. The highest BCUT2D eigenvalue weighted by molar-refractivity contribution is 5.87. The first-order chi connectivity index (χ1) is 13.2. The summed E-state index contributed by atoms with van der Waals surface area (Å²) in [5.41, 5.74) is 2.25. The van der Waals surface area contributed by atoms with E-state index in [2.05, 4.69) is 72.9 Å². The maximum Gasteiger partial charge on any atom is 0.124 e. The van der Waals surface area contributed by atoms with Crippen LogP contribution in [0.1, 0.15) is 49.8 Å². The van der Waals surface area contributed by atoms with E-state index in [0.717, 1.165) is 17.7 Å². The Morgan fingerprint density at radius 2 is 1.56 bits per heavy atom.